The van der Waals surface area contributed by atoms with Crippen LogP contribution in [0.3, 0.4) is 0 Å². The Kier molecular flexibility index (Phi) is 16.9. The summed E-state index contributed by atoms with van der Waals surface area (Å²) in [5.41, 5.74) is 0. The van der Waals surface area contributed by atoms with E-state index in [2.05, 4.69) is 39.5 Å². The molecule has 0 unspecified atom stereocenters. The van der Waals surface area contributed by atoms with Crippen molar-refractivity contribution in [2.45, 2.75) is 79.1 Å². The van der Waals surface area contributed by atoms with Gasteiger partial charge in [0.2, 0.25) is 0 Å². The van der Waals surface area contributed by atoms with E-state index in [1.807, 2.05) is 0 Å². The first kappa shape index (κ1) is 24.7. The monoisotopic (exact) mass is 356 g/mol. The molecule has 0 aliphatic rings. The molecule has 0 aromatic heterocycles. The molecule has 0 aliphatic carbocycles. The van der Waals surface area contributed by atoms with E-state index in [0.717, 1.165) is 0 Å². The van der Waals surface area contributed by atoms with Crippen LogP contribution < -0.4 is 0 Å². The second-order valence-electron chi connectivity index (χ2n) is 6.16. The summed E-state index contributed by atoms with van der Waals surface area (Å²) in [7, 11) is 0. The lowest BCUT2D eigenvalue weighted by molar-refractivity contribution is -0.929. The highest BCUT2D eigenvalue weighted by Gasteiger charge is 2.24. The third-order valence-electron chi connectivity index (χ3n) is 3.94. The molecule has 0 bridgehead atoms. The van der Waals surface area contributed by atoms with Crippen molar-refractivity contribution in [3.05, 3.63) is 0 Å². The summed E-state index contributed by atoms with van der Waals surface area (Å²) >= 11 is 3.60. The minimum Gasteiger partial charge on any atom is -0.325 e. The Morgan fingerprint density at radius 3 is 0.955 bits per heavy atom. The third kappa shape index (κ3) is 18.5. The fourth-order valence-corrected chi connectivity index (χ4v) is 2.64. The average molecular weight is 357 g/mol. The number of hydrogen-bond donors (Lipinski definition) is 3. The number of hydrogen-bond acceptors (Lipinski definition) is 1. The second-order valence-corrected chi connectivity index (χ2v) is 8.66. The lowest BCUT2D eigenvalue weighted by Crippen LogP contribution is -2.50. The van der Waals surface area contributed by atoms with Crippen molar-refractivity contribution in [3.63, 3.8) is 0 Å². The van der Waals surface area contributed by atoms with Crippen LogP contribution in [0.1, 0.15) is 79.1 Å². The summed E-state index contributed by atoms with van der Waals surface area (Å²) < 4.78 is 1.42. The van der Waals surface area contributed by atoms with Crippen LogP contribution in [-0.4, -0.2) is 45.3 Å². The van der Waals surface area contributed by atoms with Crippen molar-refractivity contribution in [1.29, 1.82) is 0 Å². The van der Waals surface area contributed by atoms with Crippen LogP contribution in [0.25, 0.3) is 0 Å². The minimum atomic E-state index is -3.81. The molecule has 0 atom stereocenters. The summed E-state index contributed by atoms with van der Waals surface area (Å²) in [4.78, 5) is 22.7. The largest absolute Gasteiger partial charge is 0.325 e. The molecule has 6 heteroatoms. The zero-order valence-electron chi connectivity index (χ0n) is 15.1. The molecular weight excluding hydrogens is 317 g/mol. The molecule has 0 amide bonds. The molecule has 0 aromatic rings. The summed E-state index contributed by atoms with van der Waals surface area (Å²) in [5, 5.41) is 0. The quantitative estimate of drug-likeness (QED) is 0.362. The number of rotatable bonds is 12. The van der Waals surface area contributed by atoms with Crippen LogP contribution >= 0.6 is 6.72 Å². The maximum Gasteiger partial charge on any atom is 0.319 e. The minimum absolute atomic E-state index is 1.35. The smallest absolute Gasteiger partial charge is 0.319 e. The number of nitrogens with zero attached hydrogens (tertiary/aromatic N) is 1. The van der Waals surface area contributed by atoms with Gasteiger partial charge < -0.3 is 19.2 Å². The van der Waals surface area contributed by atoms with Gasteiger partial charge in [-0.1, -0.05) is 53.4 Å². The van der Waals surface area contributed by atoms with Gasteiger partial charge in [-0.15, -0.1) is 0 Å². The van der Waals surface area contributed by atoms with E-state index >= 15 is 0 Å². The van der Waals surface area contributed by atoms with Gasteiger partial charge in [0, 0.05) is 0 Å². The molecule has 0 aromatic carbocycles. The van der Waals surface area contributed by atoms with Crippen LogP contribution in [0.2, 0.25) is 0 Å². The van der Waals surface area contributed by atoms with Gasteiger partial charge in [-0.2, -0.15) is 0 Å². The lowest BCUT2D eigenvalue weighted by atomic mass is 10.1. The first-order valence-electron chi connectivity index (χ1n) is 8.88. The molecule has 0 fully saturated rings. The van der Waals surface area contributed by atoms with Gasteiger partial charge in [0.15, 0.2) is 0 Å². The Labute approximate surface area is 143 Å². The molecule has 0 spiro atoms. The summed E-state index contributed by atoms with van der Waals surface area (Å²) in [5.74, 6) is 0. The average Bonchev–Trinajstić information content (AvgIpc) is 2.44. The predicted molar refractivity (Wildman–Crippen MR) is 100 cm³/mol. The normalized spacial score (nSPS) is 12.0. The number of quaternary nitrogens is 1. The zero-order valence-corrected chi connectivity index (χ0v) is 16.8. The summed E-state index contributed by atoms with van der Waals surface area (Å²) in [6, 6.07) is 0. The molecule has 0 saturated carbocycles. The van der Waals surface area contributed by atoms with Crippen LogP contribution in [0.15, 0.2) is 0 Å². The van der Waals surface area contributed by atoms with Crippen molar-refractivity contribution >= 4 is 18.5 Å². The van der Waals surface area contributed by atoms with Crippen molar-refractivity contribution in [2.75, 3.05) is 26.2 Å². The Morgan fingerprint density at radius 1 is 0.636 bits per heavy atom. The van der Waals surface area contributed by atoms with Crippen LogP contribution in [-0.2, 0) is 11.8 Å². The maximum absolute atomic E-state index is 7.56. The molecule has 0 saturated heterocycles. The fourth-order valence-electron chi connectivity index (χ4n) is 2.64. The molecule has 22 heavy (non-hydrogen) atoms. The Morgan fingerprint density at radius 2 is 0.818 bits per heavy atom. The summed E-state index contributed by atoms with van der Waals surface area (Å²) in [6.45, 7) is 11.2. The Balaban J connectivity index is 0. The lowest BCUT2D eigenvalue weighted by Gasteiger charge is -2.39. The van der Waals surface area contributed by atoms with Crippen molar-refractivity contribution < 1.29 is 19.2 Å². The molecule has 136 valence electrons. The van der Waals surface area contributed by atoms with Crippen LogP contribution in [0, 0.1) is 0 Å². The highest BCUT2D eigenvalue weighted by atomic mass is 32.5. The van der Waals surface area contributed by atoms with Gasteiger partial charge in [-0.3, -0.25) is 0 Å². The van der Waals surface area contributed by atoms with Crippen molar-refractivity contribution in [1.82, 2.24) is 0 Å². The van der Waals surface area contributed by atoms with Crippen molar-refractivity contribution in [2.24, 2.45) is 0 Å². The van der Waals surface area contributed by atoms with E-state index in [1.165, 1.54) is 82.0 Å². The van der Waals surface area contributed by atoms with Gasteiger partial charge in [0.1, 0.15) is 0 Å². The SMILES string of the molecule is CCCC[N+](CCCC)(CCCC)CCCC.OP(O)(O)=S. The molecular formula is C16H39NO3PS+. The van der Waals surface area contributed by atoms with E-state index in [9.17, 15) is 0 Å². The topological polar surface area (TPSA) is 60.7 Å². The zero-order chi connectivity index (χ0) is 17.5. The van der Waals surface area contributed by atoms with Crippen molar-refractivity contribution in [3.8, 4) is 0 Å². The first-order valence-corrected chi connectivity index (χ1v) is 11.5. The molecule has 3 N–H and O–H groups in total. The highest BCUT2D eigenvalue weighted by Crippen LogP contribution is 2.26. The van der Waals surface area contributed by atoms with E-state index in [0.29, 0.717) is 0 Å². The molecule has 0 rings (SSSR count). The highest BCUT2D eigenvalue weighted by molar-refractivity contribution is 8.06. The van der Waals surface area contributed by atoms with Gasteiger partial charge >= 0.3 is 6.72 Å². The van der Waals surface area contributed by atoms with Gasteiger partial charge in [0.25, 0.3) is 0 Å². The third-order valence-corrected chi connectivity index (χ3v) is 3.94. The van der Waals surface area contributed by atoms with E-state index in [-0.39, 0.29) is 0 Å². The van der Waals surface area contributed by atoms with Crippen LogP contribution in [0.4, 0.5) is 0 Å². The fraction of sp³-hybridized carbons (Fsp3) is 1.00. The van der Waals surface area contributed by atoms with E-state index in [1.54, 1.807) is 0 Å². The molecule has 0 heterocycles. The molecule has 4 nitrogen and oxygen atoms in total. The Bertz CT molecular complexity index is 239. The standard InChI is InChI=1S/C16H36N.H3O3PS/c1-5-9-13-17(14-10-6-2,15-11-7-3)16-12-8-4;1-4(2,3)5/h5-16H2,1-4H3;(H3,1,2,3,5)/q+1;. The van der Waals surface area contributed by atoms with E-state index in [4.69, 9.17) is 14.7 Å². The molecule has 0 aliphatic heterocycles. The molecule has 0 radical (unpaired) electrons. The first-order chi connectivity index (χ1) is 10.2. The van der Waals surface area contributed by atoms with Gasteiger partial charge in [-0.05, 0) is 37.5 Å². The maximum atomic E-state index is 7.56. The van der Waals surface area contributed by atoms with Crippen LogP contribution in [0.5, 0.6) is 0 Å². The second kappa shape index (κ2) is 15.0. The summed E-state index contributed by atoms with van der Waals surface area (Å²) in [6.07, 6.45) is 11.1. The van der Waals surface area contributed by atoms with Gasteiger partial charge in [0.05, 0.1) is 26.2 Å². The Hall–Kier alpha value is 0.490. The van der Waals surface area contributed by atoms with Gasteiger partial charge in [-0.25, -0.2) is 0 Å². The number of unbranched alkanes of at least 4 members (excludes halogenated alkanes) is 4. The predicted octanol–water partition coefficient (Wildman–Crippen LogP) is 4.19. The van der Waals surface area contributed by atoms with E-state index < -0.39 is 6.72 Å².